The molecule has 1 aliphatic rings. The lowest BCUT2D eigenvalue weighted by atomic mass is 9.97. The Labute approximate surface area is 93.6 Å². The number of carbonyl (C=O) groups is 1. The second-order valence-corrected chi connectivity index (χ2v) is 3.91. The van der Waals surface area contributed by atoms with Crippen molar-refractivity contribution < 1.29 is 14.1 Å². The van der Waals surface area contributed by atoms with Crippen LogP contribution in [0.2, 0.25) is 0 Å². The van der Waals surface area contributed by atoms with Gasteiger partial charge in [0.1, 0.15) is 0 Å². The summed E-state index contributed by atoms with van der Waals surface area (Å²) in [6.45, 7) is 3.29. The average Bonchev–Trinajstić information content (AvgIpc) is 2.75. The maximum atomic E-state index is 11.3. The van der Waals surface area contributed by atoms with Crippen LogP contribution in [-0.4, -0.2) is 36.3 Å². The fourth-order valence-corrected chi connectivity index (χ4v) is 1.89. The molecule has 1 aromatic heterocycles. The summed E-state index contributed by atoms with van der Waals surface area (Å²) in [6, 6.07) is 0.542. The molecule has 16 heavy (non-hydrogen) atoms. The fourth-order valence-electron chi connectivity index (χ4n) is 1.89. The van der Waals surface area contributed by atoms with Gasteiger partial charge >= 0.3 is 12.0 Å². The highest BCUT2D eigenvalue weighted by atomic mass is 16.5. The number of rotatable bonds is 2. The summed E-state index contributed by atoms with van der Waals surface area (Å²) >= 11 is 0. The molecule has 1 fully saturated rings. The molecule has 0 spiro atoms. The molecule has 2 rings (SSSR count). The Morgan fingerprint density at radius 2 is 2.19 bits per heavy atom. The van der Waals surface area contributed by atoms with Crippen LogP contribution in [0.3, 0.4) is 0 Å². The number of hydrogen-bond acceptors (Lipinski definition) is 6. The number of esters is 1. The lowest BCUT2D eigenvalue weighted by Gasteiger charge is -2.28. The summed E-state index contributed by atoms with van der Waals surface area (Å²) in [7, 11) is 1.43. The summed E-state index contributed by atoms with van der Waals surface area (Å²) in [6.07, 6.45) is 1.54. The number of aryl methyl sites for hydroxylation is 1. The highest BCUT2D eigenvalue weighted by molar-refractivity contribution is 5.72. The van der Waals surface area contributed by atoms with Crippen molar-refractivity contribution in [3.63, 3.8) is 0 Å². The molecule has 0 amide bonds. The van der Waals surface area contributed by atoms with Crippen LogP contribution in [0.1, 0.15) is 18.7 Å². The Morgan fingerprint density at radius 3 is 2.69 bits per heavy atom. The van der Waals surface area contributed by atoms with Crippen LogP contribution < -0.4 is 4.90 Å². The van der Waals surface area contributed by atoms with Gasteiger partial charge in [-0.2, -0.15) is 4.98 Å². The molecule has 1 aliphatic heterocycles. The van der Waals surface area contributed by atoms with Crippen LogP contribution in [0.25, 0.3) is 0 Å². The van der Waals surface area contributed by atoms with Crippen molar-refractivity contribution in [2.75, 3.05) is 25.1 Å². The van der Waals surface area contributed by atoms with Gasteiger partial charge in [0.15, 0.2) is 5.82 Å². The van der Waals surface area contributed by atoms with E-state index in [4.69, 9.17) is 9.26 Å². The van der Waals surface area contributed by atoms with E-state index in [-0.39, 0.29) is 11.9 Å². The SMILES string of the molecule is COC(=O)C1CCN(c2nc(C)no2)CC1. The van der Waals surface area contributed by atoms with Crippen LogP contribution in [-0.2, 0) is 9.53 Å². The molecule has 0 N–H and O–H groups in total. The molecule has 1 saturated heterocycles. The third-order valence-electron chi connectivity index (χ3n) is 2.82. The van der Waals surface area contributed by atoms with Crippen LogP contribution in [0.15, 0.2) is 4.52 Å². The van der Waals surface area contributed by atoms with E-state index in [1.807, 2.05) is 4.90 Å². The van der Waals surface area contributed by atoms with Gasteiger partial charge in [-0.1, -0.05) is 5.16 Å². The third kappa shape index (κ3) is 2.15. The topological polar surface area (TPSA) is 68.5 Å². The van der Waals surface area contributed by atoms with E-state index in [1.54, 1.807) is 6.92 Å². The molecule has 0 saturated carbocycles. The fraction of sp³-hybridized carbons (Fsp3) is 0.700. The van der Waals surface area contributed by atoms with Crippen LogP contribution in [0.4, 0.5) is 6.01 Å². The van der Waals surface area contributed by atoms with Gasteiger partial charge in [-0.05, 0) is 19.8 Å². The van der Waals surface area contributed by atoms with Crippen molar-refractivity contribution in [3.8, 4) is 0 Å². The Morgan fingerprint density at radius 1 is 1.50 bits per heavy atom. The molecular formula is C10H15N3O3. The number of hydrogen-bond donors (Lipinski definition) is 0. The zero-order valence-corrected chi connectivity index (χ0v) is 9.47. The first-order chi connectivity index (χ1) is 7.70. The number of anilines is 1. The van der Waals surface area contributed by atoms with Crippen molar-refractivity contribution in [1.82, 2.24) is 10.1 Å². The van der Waals surface area contributed by atoms with Gasteiger partial charge in [-0.3, -0.25) is 4.79 Å². The van der Waals surface area contributed by atoms with Crippen molar-refractivity contribution in [2.24, 2.45) is 5.92 Å². The maximum Gasteiger partial charge on any atom is 0.324 e. The number of piperidine rings is 1. The van der Waals surface area contributed by atoms with E-state index < -0.39 is 0 Å². The minimum Gasteiger partial charge on any atom is -0.469 e. The largest absolute Gasteiger partial charge is 0.469 e. The average molecular weight is 225 g/mol. The van der Waals surface area contributed by atoms with E-state index in [0.717, 1.165) is 25.9 Å². The van der Waals surface area contributed by atoms with Gasteiger partial charge in [0.25, 0.3) is 0 Å². The van der Waals surface area contributed by atoms with E-state index in [0.29, 0.717) is 11.8 Å². The first kappa shape index (κ1) is 10.9. The molecule has 6 nitrogen and oxygen atoms in total. The van der Waals surface area contributed by atoms with Gasteiger partial charge in [-0.25, -0.2) is 0 Å². The molecule has 0 aromatic carbocycles. The van der Waals surface area contributed by atoms with Crippen molar-refractivity contribution >= 4 is 12.0 Å². The summed E-state index contributed by atoms with van der Waals surface area (Å²) in [5, 5.41) is 3.74. The summed E-state index contributed by atoms with van der Waals surface area (Å²) in [4.78, 5) is 17.5. The van der Waals surface area contributed by atoms with Crippen LogP contribution >= 0.6 is 0 Å². The Bertz CT molecular complexity index is 369. The molecule has 0 aliphatic carbocycles. The molecule has 0 bridgehead atoms. The monoisotopic (exact) mass is 225 g/mol. The molecule has 88 valence electrons. The molecule has 0 unspecified atom stereocenters. The van der Waals surface area contributed by atoms with E-state index in [1.165, 1.54) is 7.11 Å². The zero-order chi connectivity index (χ0) is 11.5. The van der Waals surface area contributed by atoms with E-state index in [9.17, 15) is 4.79 Å². The van der Waals surface area contributed by atoms with Crippen molar-refractivity contribution in [3.05, 3.63) is 5.82 Å². The lowest BCUT2D eigenvalue weighted by molar-refractivity contribution is -0.146. The van der Waals surface area contributed by atoms with Gasteiger partial charge in [0, 0.05) is 13.1 Å². The normalized spacial score (nSPS) is 17.5. The maximum absolute atomic E-state index is 11.3. The van der Waals surface area contributed by atoms with Gasteiger partial charge in [-0.15, -0.1) is 0 Å². The van der Waals surface area contributed by atoms with E-state index >= 15 is 0 Å². The standard InChI is InChI=1S/C10H15N3O3/c1-7-11-10(16-12-7)13-5-3-8(4-6-13)9(14)15-2/h8H,3-6H2,1-2H3. The molecule has 6 heteroatoms. The highest BCUT2D eigenvalue weighted by Gasteiger charge is 2.27. The number of aromatic nitrogens is 2. The third-order valence-corrected chi connectivity index (χ3v) is 2.82. The number of nitrogens with zero attached hydrogens (tertiary/aromatic N) is 3. The Hall–Kier alpha value is -1.59. The first-order valence-electron chi connectivity index (χ1n) is 5.34. The minimum atomic E-state index is -0.124. The van der Waals surface area contributed by atoms with Crippen molar-refractivity contribution in [1.29, 1.82) is 0 Å². The number of carbonyl (C=O) groups excluding carboxylic acids is 1. The quantitative estimate of drug-likeness (QED) is 0.692. The molecule has 0 radical (unpaired) electrons. The second-order valence-electron chi connectivity index (χ2n) is 3.91. The van der Waals surface area contributed by atoms with Gasteiger partial charge in [0.05, 0.1) is 13.0 Å². The van der Waals surface area contributed by atoms with Crippen molar-refractivity contribution in [2.45, 2.75) is 19.8 Å². The lowest BCUT2D eigenvalue weighted by Crippen LogP contribution is -2.36. The molecule has 1 aromatic rings. The van der Waals surface area contributed by atoms with Gasteiger partial charge in [0.2, 0.25) is 0 Å². The predicted molar refractivity (Wildman–Crippen MR) is 56.0 cm³/mol. The second kappa shape index (κ2) is 4.51. The minimum absolute atomic E-state index is 0.00488. The Kier molecular flexibility index (Phi) is 3.07. The first-order valence-corrected chi connectivity index (χ1v) is 5.34. The molecule has 2 heterocycles. The van der Waals surface area contributed by atoms with Crippen LogP contribution in [0.5, 0.6) is 0 Å². The number of methoxy groups -OCH3 is 1. The summed E-state index contributed by atoms with van der Waals surface area (Å²) in [5.74, 6) is 0.511. The molecule has 0 atom stereocenters. The van der Waals surface area contributed by atoms with Crippen LogP contribution in [0, 0.1) is 12.8 Å². The molecular weight excluding hydrogens is 210 g/mol. The predicted octanol–water partition coefficient (Wildman–Crippen LogP) is 0.767. The number of ether oxygens (including phenoxy) is 1. The summed E-state index contributed by atoms with van der Waals surface area (Å²) in [5.41, 5.74) is 0. The highest BCUT2D eigenvalue weighted by Crippen LogP contribution is 2.22. The van der Waals surface area contributed by atoms with E-state index in [2.05, 4.69) is 10.1 Å². The smallest absolute Gasteiger partial charge is 0.324 e. The summed E-state index contributed by atoms with van der Waals surface area (Å²) < 4.78 is 9.80. The zero-order valence-electron chi connectivity index (χ0n) is 9.47. The Balaban J connectivity index is 1.92. The van der Waals surface area contributed by atoms with Gasteiger partial charge < -0.3 is 14.2 Å².